The van der Waals surface area contributed by atoms with Gasteiger partial charge in [-0.25, -0.2) is 5.10 Å². The standard InChI is InChI=1S/C27H31N5O4/c1-16(2)23(28)27(35)32-10-8-31(9-11-32)26(34)21-14-17(13-18-7-12-36-24(18)21)15-22-19-5-3-4-6-20(19)25(33)30-29-22/h3-6,13-14,16,23H,7-12,15,28H2,1-2H3,(H,30,33). The number of aromatic nitrogens is 2. The third-order valence-corrected chi connectivity index (χ3v) is 7.10. The molecule has 9 nitrogen and oxygen atoms in total. The van der Waals surface area contributed by atoms with E-state index in [9.17, 15) is 14.4 Å². The Balaban J connectivity index is 1.38. The first kappa shape index (κ1) is 24.0. The molecule has 1 atom stereocenters. The van der Waals surface area contributed by atoms with Gasteiger partial charge in [-0.15, -0.1) is 0 Å². The van der Waals surface area contributed by atoms with Gasteiger partial charge in [0.1, 0.15) is 5.75 Å². The smallest absolute Gasteiger partial charge is 0.272 e. The fourth-order valence-electron chi connectivity index (χ4n) is 4.93. The summed E-state index contributed by atoms with van der Waals surface area (Å²) in [5.41, 5.74) is 9.04. The molecule has 1 saturated heterocycles. The summed E-state index contributed by atoms with van der Waals surface area (Å²) in [5, 5.41) is 8.27. The van der Waals surface area contributed by atoms with Crippen LogP contribution < -0.4 is 16.0 Å². The third-order valence-electron chi connectivity index (χ3n) is 7.10. The van der Waals surface area contributed by atoms with Crippen LogP contribution in [0.4, 0.5) is 0 Å². The molecule has 0 spiro atoms. The minimum atomic E-state index is -0.529. The van der Waals surface area contributed by atoms with Gasteiger partial charge in [-0.05, 0) is 29.2 Å². The van der Waals surface area contributed by atoms with E-state index in [0.717, 1.165) is 28.6 Å². The second-order valence-corrected chi connectivity index (χ2v) is 9.84. The van der Waals surface area contributed by atoms with Gasteiger partial charge in [0.15, 0.2) is 0 Å². The van der Waals surface area contributed by atoms with E-state index in [1.165, 1.54) is 0 Å². The van der Waals surface area contributed by atoms with E-state index in [2.05, 4.69) is 16.3 Å². The van der Waals surface area contributed by atoms with Gasteiger partial charge in [0.2, 0.25) is 5.91 Å². The van der Waals surface area contributed by atoms with Gasteiger partial charge >= 0.3 is 0 Å². The molecule has 1 aromatic heterocycles. The highest BCUT2D eigenvalue weighted by Crippen LogP contribution is 2.33. The van der Waals surface area contributed by atoms with E-state index in [-0.39, 0.29) is 23.3 Å². The summed E-state index contributed by atoms with van der Waals surface area (Å²) in [7, 11) is 0. The van der Waals surface area contributed by atoms with Gasteiger partial charge in [-0.2, -0.15) is 5.10 Å². The molecule has 0 aliphatic carbocycles. The largest absolute Gasteiger partial charge is 0.492 e. The van der Waals surface area contributed by atoms with Crippen molar-refractivity contribution in [1.82, 2.24) is 20.0 Å². The van der Waals surface area contributed by atoms with Gasteiger partial charge in [-0.3, -0.25) is 14.4 Å². The van der Waals surface area contributed by atoms with Gasteiger partial charge in [0.25, 0.3) is 11.5 Å². The molecule has 2 amide bonds. The second kappa shape index (κ2) is 9.73. The first-order valence-electron chi connectivity index (χ1n) is 12.4. The van der Waals surface area contributed by atoms with Crippen LogP contribution in [0.5, 0.6) is 5.75 Å². The number of hydrogen-bond donors (Lipinski definition) is 2. The van der Waals surface area contributed by atoms with Crippen LogP contribution >= 0.6 is 0 Å². The number of rotatable bonds is 5. The molecule has 3 heterocycles. The number of fused-ring (bicyclic) bond motifs is 2. The zero-order valence-corrected chi connectivity index (χ0v) is 20.6. The highest BCUT2D eigenvalue weighted by atomic mass is 16.5. The van der Waals surface area contributed by atoms with Crippen molar-refractivity contribution in [3.05, 3.63) is 69.1 Å². The van der Waals surface area contributed by atoms with Crippen molar-refractivity contribution in [2.75, 3.05) is 32.8 Å². The predicted octanol–water partition coefficient (Wildman–Crippen LogP) is 1.72. The summed E-state index contributed by atoms with van der Waals surface area (Å²) in [6.07, 6.45) is 1.21. The molecule has 0 saturated carbocycles. The Morgan fingerprint density at radius 2 is 1.78 bits per heavy atom. The zero-order chi connectivity index (χ0) is 25.4. The summed E-state index contributed by atoms with van der Waals surface area (Å²) in [6.45, 7) is 6.21. The molecular formula is C27H31N5O4. The summed E-state index contributed by atoms with van der Waals surface area (Å²) >= 11 is 0. The molecule has 2 aliphatic heterocycles. The Morgan fingerprint density at radius 1 is 1.08 bits per heavy atom. The molecule has 5 rings (SSSR count). The van der Waals surface area contributed by atoms with E-state index in [0.29, 0.717) is 55.9 Å². The zero-order valence-electron chi connectivity index (χ0n) is 20.6. The van der Waals surface area contributed by atoms with Crippen molar-refractivity contribution < 1.29 is 14.3 Å². The van der Waals surface area contributed by atoms with Crippen LogP contribution in [0.3, 0.4) is 0 Å². The Hall–Kier alpha value is -3.72. The Labute approximate surface area is 209 Å². The molecular weight excluding hydrogens is 458 g/mol. The summed E-state index contributed by atoms with van der Waals surface area (Å²) in [6, 6.07) is 10.8. The number of nitrogens with zero attached hydrogens (tertiary/aromatic N) is 3. The molecule has 2 aliphatic rings. The number of amides is 2. The van der Waals surface area contributed by atoms with E-state index in [1.54, 1.807) is 15.9 Å². The maximum atomic E-state index is 13.6. The maximum Gasteiger partial charge on any atom is 0.272 e. The first-order chi connectivity index (χ1) is 17.3. The molecule has 1 unspecified atom stereocenters. The molecule has 0 radical (unpaired) electrons. The molecule has 3 N–H and O–H groups in total. The van der Waals surface area contributed by atoms with Crippen molar-refractivity contribution in [3.8, 4) is 5.75 Å². The van der Waals surface area contributed by atoms with Crippen LogP contribution in [0.15, 0.2) is 41.2 Å². The average molecular weight is 490 g/mol. The minimum Gasteiger partial charge on any atom is -0.492 e. The van der Waals surface area contributed by atoms with E-state index in [1.807, 2.05) is 38.1 Å². The Morgan fingerprint density at radius 3 is 2.50 bits per heavy atom. The molecule has 9 heteroatoms. The lowest BCUT2D eigenvalue weighted by Crippen LogP contribution is -2.55. The SMILES string of the molecule is CC(C)C(N)C(=O)N1CCN(C(=O)c2cc(Cc3n[nH]c(=O)c4ccccc34)cc3c2OCC3)CC1. The molecule has 2 aromatic carbocycles. The highest BCUT2D eigenvalue weighted by molar-refractivity contribution is 5.98. The Kier molecular flexibility index (Phi) is 6.49. The van der Waals surface area contributed by atoms with Crippen molar-refractivity contribution in [3.63, 3.8) is 0 Å². The topological polar surface area (TPSA) is 122 Å². The van der Waals surface area contributed by atoms with E-state index < -0.39 is 6.04 Å². The number of carbonyl (C=O) groups is 2. The summed E-state index contributed by atoms with van der Waals surface area (Å²) in [4.78, 5) is 41.9. The summed E-state index contributed by atoms with van der Waals surface area (Å²) < 4.78 is 5.86. The fourth-order valence-corrected chi connectivity index (χ4v) is 4.93. The fraction of sp³-hybridized carbons (Fsp3) is 0.407. The predicted molar refractivity (Wildman–Crippen MR) is 136 cm³/mol. The van der Waals surface area contributed by atoms with Crippen LogP contribution in [0.1, 0.15) is 41.0 Å². The molecule has 188 valence electrons. The maximum absolute atomic E-state index is 13.6. The lowest BCUT2D eigenvalue weighted by atomic mass is 9.98. The number of nitrogens with two attached hydrogens (primary N) is 1. The number of nitrogens with one attached hydrogen (secondary N) is 1. The van der Waals surface area contributed by atoms with Crippen molar-refractivity contribution in [2.45, 2.75) is 32.7 Å². The first-order valence-corrected chi connectivity index (χ1v) is 12.4. The quantitative estimate of drug-likeness (QED) is 0.563. The number of aromatic amines is 1. The van der Waals surface area contributed by atoms with Gasteiger partial charge in [0.05, 0.1) is 29.3 Å². The average Bonchev–Trinajstić information content (AvgIpc) is 3.37. The van der Waals surface area contributed by atoms with Crippen LogP contribution in [0.25, 0.3) is 10.8 Å². The normalized spacial score (nSPS) is 16.2. The molecule has 3 aromatic rings. The number of piperazine rings is 1. The van der Waals surface area contributed by atoms with Crippen LogP contribution in [-0.4, -0.2) is 70.6 Å². The number of H-pyrrole nitrogens is 1. The van der Waals surface area contributed by atoms with Crippen LogP contribution in [0, 0.1) is 5.92 Å². The second-order valence-electron chi connectivity index (χ2n) is 9.84. The van der Waals surface area contributed by atoms with Crippen molar-refractivity contribution in [1.29, 1.82) is 0 Å². The number of carbonyl (C=O) groups excluding carboxylic acids is 2. The van der Waals surface area contributed by atoms with E-state index in [4.69, 9.17) is 10.5 Å². The third kappa shape index (κ3) is 4.46. The molecule has 1 fully saturated rings. The lowest BCUT2D eigenvalue weighted by Gasteiger charge is -2.36. The van der Waals surface area contributed by atoms with Crippen LogP contribution in [-0.2, 0) is 17.6 Å². The Bertz CT molecular complexity index is 1370. The van der Waals surface area contributed by atoms with Crippen molar-refractivity contribution >= 4 is 22.6 Å². The van der Waals surface area contributed by atoms with Gasteiger partial charge in [0, 0.05) is 44.4 Å². The summed E-state index contributed by atoms with van der Waals surface area (Å²) in [5.74, 6) is 0.538. The number of ether oxygens (including phenoxy) is 1. The lowest BCUT2D eigenvalue weighted by molar-refractivity contribution is -0.135. The van der Waals surface area contributed by atoms with Crippen molar-refractivity contribution in [2.24, 2.45) is 11.7 Å². The monoisotopic (exact) mass is 489 g/mol. The van der Waals surface area contributed by atoms with E-state index >= 15 is 0 Å². The molecule has 0 bridgehead atoms. The van der Waals surface area contributed by atoms with Crippen LogP contribution in [0.2, 0.25) is 0 Å². The van der Waals surface area contributed by atoms with Gasteiger partial charge in [-0.1, -0.05) is 38.1 Å². The molecule has 36 heavy (non-hydrogen) atoms. The number of benzene rings is 2. The van der Waals surface area contributed by atoms with Gasteiger partial charge < -0.3 is 20.3 Å². The highest BCUT2D eigenvalue weighted by Gasteiger charge is 2.31. The minimum absolute atomic E-state index is 0.0636. The number of hydrogen-bond acceptors (Lipinski definition) is 6.